The summed E-state index contributed by atoms with van der Waals surface area (Å²) in [7, 11) is 0. The lowest BCUT2D eigenvalue weighted by molar-refractivity contribution is 0.0257. The lowest BCUT2D eigenvalue weighted by atomic mass is 10.1. The molecular formula is C13H17ClN2O. The maximum absolute atomic E-state index is 6.07. The van der Waals surface area contributed by atoms with Gasteiger partial charge in [0.05, 0.1) is 30.1 Å². The molecule has 1 saturated carbocycles. The van der Waals surface area contributed by atoms with Crippen molar-refractivity contribution >= 4 is 23.0 Å². The zero-order valence-electron chi connectivity index (χ0n) is 9.73. The van der Waals surface area contributed by atoms with Crippen LogP contribution in [-0.4, -0.2) is 25.3 Å². The van der Waals surface area contributed by atoms with E-state index in [1.54, 1.807) is 0 Å². The van der Waals surface area contributed by atoms with E-state index in [0.717, 1.165) is 29.5 Å². The molecule has 92 valence electrons. The second-order valence-electron chi connectivity index (χ2n) is 4.80. The first-order valence-electron chi connectivity index (χ1n) is 6.19. The number of anilines is 2. The molecule has 2 atom stereocenters. The largest absolute Gasteiger partial charge is 0.397 e. The molecule has 1 aromatic rings. The first-order chi connectivity index (χ1) is 8.25. The molecule has 0 bridgehead atoms. The van der Waals surface area contributed by atoms with Crippen molar-refractivity contribution in [1.29, 1.82) is 0 Å². The minimum absolute atomic E-state index is 0.377. The van der Waals surface area contributed by atoms with Crippen LogP contribution in [0.1, 0.15) is 19.3 Å². The average molecular weight is 253 g/mol. The van der Waals surface area contributed by atoms with E-state index in [1.165, 1.54) is 19.3 Å². The van der Waals surface area contributed by atoms with Crippen LogP contribution in [0.15, 0.2) is 18.2 Å². The highest BCUT2D eigenvalue weighted by atomic mass is 35.5. The van der Waals surface area contributed by atoms with Gasteiger partial charge in [0.2, 0.25) is 0 Å². The number of benzene rings is 1. The first-order valence-corrected chi connectivity index (χ1v) is 6.57. The van der Waals surface area contributed by atoms with Crippen LogP contribution in [0.3, 0.4) is 0 Å². The van der Waals surface area contributed by atoms with Crippen molar-refractivity contribution in [3.05, 3.63) is 23.2 Å². The van der Waals surface area contributed by atoms with Crippen molar-refractivity contribution in [3.8, 4) is 0 Å². The summed E-state index contributed by atoms with van der Waals surface area (Å²) < 4.78 is 5.81. The fourth-order valence-corrected chi connectivity index (χ4v) is 3.16. The van der Waals surface area contributed by atoms with E-state index in [9.17, 15) is 0 Å². The summed E-state index contributed by atoms with van der Waals surface area (Å²) in [5.41, 5.74) is 7.94. The number of rotatable bonds is 1. The van der Waals surface area contributed by atoms with Crippen LogP contribution in [0.4, 0.5) is 11.4 Å². The molecule has 0 radical (unpaired) electrons. The molecule has 2 aliphatic rings. The second-order valence-corrected chi connectivity index (χ2v) is 5.24. The third kappa shape index (κ3) is 1.98. The summed E-state index contributed by atoms with van der Waals surface area (Å²) in [5, 5.41) is 0.746. The van der Waals surface area contributed by atoms with Gasteiger partial charge in [-0.25, -0.2) is 0 Å². The molecule has 4 heteroatoms. The second kappa shape index (κ2) is 4.39. The van der Waals surface area contributed by atoms with Crippen molar-refractivity contribution in [2.45, 2.75) is 31.4 Å². The monoisotopic (exact) mass is 252 g/mol. The summed E-state index contributed by atoms with van der Waals surface area (Å²) in [6, 6.07) is 6.17. The Hall–Kier alpha value is -0.930. The van der Waals surface area contributed by atoms with Crippen LogP contribution in [0.5, 0.6) is 0 Å². The molecule has 0 amide bonds. The van der Waals surface area contributed by atoms with Gasteiger partial charge in [0.25, 0.3) is 0 Å². The topological polar surface area (TPSA) is 38.5 Å². The Bertz CT molecular complexity index is 424. The van der Waals surface area contributed by atoms with Crippen LogP contribution >= 0.6 is 11.6 Å². The number of nitrogens with two attached hydrogens (primary N) is 1. The van der Waals surface area contributed by atoms with Gasteiger partial charge in [-0.15, -0.1) is 0 Å². The number of nitrogen functional groups attached to an aromatic ring is 1. The van der Waals surface area contributed by atoms with E-state index < -0.39 is 0 Å². The number of nitrogens with zero attached hydrogens (tertiary/aromatic N) is 1. The Morgan fingerprint density at radius 3 is 3.12 bits per heavy atom. The molecule has 1 heterocycles. The lowest BCUT2D eigenvalue weighted by Gasteiger charge is -2.39. The van der Waals surface area contributed by atoms with E-state index in [0.29, 0.717) is 12.1 Å². The summed E-state index contributed by atoms with van der Waals surface area (Å²) in [5.74, 6) is 0. The minimum atomic E-state index is 0.377. The number of hydrogen-bond acceptors (Lipinski definition) is 3. The van der Waals surface area contributed by atoms with Gasteiger partial charge in [-0.1, -0.05) is 11.6 Å². The number of hydrogen-bond donors (Lipinski definition) is 1. The number of morpholine rings is 1. The smallest absolute Gasteiger partial charge is 0.0779 e. The highest BCUT2D eigenvalue weighted by molar-refractivity contribution is 6.31. The molecule has 1 aliphatic heterocycles. The molecule has 2 fully saturated rings. The summed E-state index contributed by atoms with van der Waals surface area (Å²) >= 11 is 6.07. The SMILES string of the molecule is Nc1ccc(Cl)cc1N1CCOC2CCCC21. The summed E-state index contributed by atoms with van der Waals surface area (Å²) in [6.45, 7) is 1.69. The van der Waals surface area contributed by atoms with Crippen LogP contribution in [-0.2, 0) is 4.74 Å². The van der Waals surface area contributed by atoms with Gasteiger partial charge < -0.3 is 15.4 Å². The fraction of sp³-hybridized carbons (Fsp3) is 0.538. The minimum Gasteiger partial charge on any atom is -0.397 e. The van der Waals surface area contributed by atoms with Crippen LogP contribution in [0.25, 0.3) is 0 Å². The zero-order chi connectivity index (χ0) is 11.8. The van der Waals surface area contributed by atoms with Gasteiger partial charge in [0.1, 0.15) is 0 Å². The Morgan fingerprint density at radius 1 is 1.35 bits per heavy atom. The van der Waals surface area contributed by atoms with E-state index in [1.807, 2.05) is 18.2 Å². The summed E-state index contributed by atoms with van der Waals surface area (Å²) in [4.78, 5) is 2.38. The fourth-order valence-electron chi connectivity index (χ4n) is 2.99. The predicted octanol–water partition coefficient (Wildman–Crippen LogP) is 2.68. The average Bonchev–Trinajstić information content (AvgIpc) is 2.80. The lowest BCUT2D eigenvalue weighted by Crippen LogP contribution is -2.48. The molecule has 1 aromatic carbocycles. The molecule has 1 saturated heterocycles. The molecule has 17 heavy (non-hydrogen) atoms. The van der Waals surface area contributed by atoms with Crippen molar-refractivity contribution in [2.75, 3.05) is 23.8 Å². The highest BCUT2D eigenvalue weighted by Crippen LogP contribution is 2.36. The van der Waals surface area contributed by atoms with Gasteiger partial charge in [0.15, 0.2) is 0 Å². The van der Waals surface area contributed by atoms with Gasteiger partial charge in [0, 0.05) is 11.6 Å². The van der Waals surface area contributed by atoms with Crippen molar-refractivity contribution < 1.29 is 4.74 Å². The Morgan fingerprint density at radius 2 is 2.24 bits per heavy atom. The Labute approximate surface area is 106 Å². The third-order valence-corrected chi connectivity index (χ3v) is 4.02. The maximum atomic E-state index is 6.07. The number of fused-ring (bicyclic) bond motifs is 1. The maximum Gasteiger partial charge on any atom is 0.0779 e. The first kappa shape index (κ1) is 11.2. The summed E-state index contributed by atoms with van der Waals surface area (Å²) in [6.07, 6.45) is 3.98. The van der Waals surface area contributed by atoms with Gasteiger partial charge in [-0.3, -0.25) is 0 Å². The van der Waals surface area contributed by atoms with Crippen LogP contribution in [0, 0.1) is 0 Å². The van der Waals surface area contributed by atoms with Gasteiger partial charge in [-0.2, -0.15) is 0 Å². The normalized spacial score (nSPS) is 28.2. The molecule has 2 unspecified atom stereocenters. The van der Waals surface area contributed by atoms with Crippen molar-refractivity contribution in [2.24, 2.45) is 0 Å². The number of ether oxygens (including phenoxy) is 1. The van der Waals surface area contributed by atoms with E-state index in [-0.39, 0.29) is 0 Å². The molecule has 0 spiro atoms. The number of halogens is 1. The predicted molar refractivity (Wildman–Crippen MR) is 70.6 cm³/mol. The third-order valence-electron chi connectivity index (χ3n) is 3.78. The van der Waals surface area contributed by atoms with Gasteiger partial charge in [-0.05, 0) is 37.5 Å². The van der Waals surface area contributed by atoms with E-state index in [2.05, 4.69) is 4.90 Å². The molecular weight excluding hydrogens is 236 g/mol. The van der Waals surface area contributed by atoms with E-state index >= 15 is 0 Å². The molecule has 3 nitrogen and oxygen atoms in total. The Balaban J connectivity index is 1.94. The standard InChI is InChI=1S/C13H17ClN2O/c14-9-4-5-10(15)12(8-9)16-6-7-17-13-3-1-2-11(13)16/h4-5,8,11,13H,1-3,6-7,15H2. The van der Waals surface area contributed by atoms with Crippen molar-refractivity contribution in [1.82, 2.24) is 0 Å². The quantitative estimate of drug-likeness (QED) is 0.781. The van der Waals surface area contributed by atoms with Gasteiger partial charge >= 0.3 is 0 Å². The van der Waals surface area contributed by atoms with Crippen molar-refractivity contribution in [3.63, 3.8) is 0 Å². The zero-order valence-corrected chi connectivity index (χ0v) is 10.5. The van der Waals surface area contributed by atoms with E-state index in [4.69, 9.17) is 22.1 Å². The molecule has 3 rings (SSSR count). The highest BCUT2D eigenvalue weighted by Gasteiger charge is 2.36. The molecule has 0 aromatic heterocycles. The molecule has 2 N–H and O–H groups in total. The molecule has 1 aliphatic carbocycles. The van der Waals surface area contributed by atoms with Crippen LogP contribution in [0.2, 0.25) is 5.02 Å². The van der Waals surface area contributed by atoms with Crippen LogP contribution < -0.4 is 10.6 Å². The Kier molecular flexibility index (Phi) is 2.89.